The van der Waals surface area contributed by atoms with E-state index < -0.39 is 8.32 Å². The van der Waals surface area contributed by atoms with Gasteiger partial charge in [0.05, 0.1) is 16.9 Å². The molecule has 0 radical (unpaired) electrons. The van der Waals surface area contributed by atoms with Crippen molar-refractivity contribution in [1.29, 1.82) is 5.26 Å². The van der Waals surface area contributed by atoms with E-state index in [1.165, 1.54) is 0 Å². The van der Waals surface area contributed by atoms with E-state index in [9.17, 15) is 10.1 Å². The van der Waals surface area contributed by atoms with Crippen LogP contribution in [0.25, 0.3) is 11.3 Å². The van der Waals surface area contributed by atoms with Gasteiger partial charge in [-0.3, -0.25) is 9.48 Å². The number of nitrogens with one attached hydrogen (secondary N) is 3. The number of aromatic nitrogens is 4. The summed E-state index contributed by atoms with van der Waals surface area (Å²) in [5, 5.41) is 23.4. The molecule has 11 heteroatoms. The van der Waals surface area contributed by atoms with Crippen LogP contribution in [0.2, 0.25) is 18.1 Å². The SMILES string of the molecule is CNC(=O)c1cc(Nc2nccc(-c3cc(C#N)c4c(c3)[C@@](C)(CO[Si](C)(C)C(C)(C)C)CN4)n2)n(C)n1. The monoisotopic (exact) mass is 532 g/mol. The molecule has 4 rings (SSSR count). The third-order valence-corrected chi connectivity index (χ3v) is 12.1. The first-order valence-corrected chi connectivity index (χ1v) is 15.5. The fraction of sp³-hybridized carbons (Fsp3) is 0.444. The third kappa shape index (κ3) is 5.14. The van der Waals surface area contributed by atoms with Gasteiger partial charge in [-0.15, -0.1) is 0 Å². The van der Waals surface area contributed by atoms with Gasteiger partial charge in [0.2, 0.25) is 5.95 Å². The first kappa shape index (κ1) is 27.3. The molecule has 0 bridgehead atoms. The molecule has 0 spiro atoms. The van der Waals surface area contributed by atoms with Crippen LogP contribution >= 0.6 is 0 Å². The van der Waals surface area contributed by atoms with Gasteiger partial charge in [-0.1, -0.05) is 27.7 Å². The Labute approximate surface area is 225 Å². The highest BCUT2D eigenvalue weighted by atomic mass is 28.4. The van der Waals surface area contributed by atoms with E-state index in [-0.39, 0.29) is 22.1 Å². The van der Waals surface area contributed by atoms with E-state index in [1.807, 2.05) is 12.1 Å². The Hall–Kier alpha value is -3.75. The number of anilines is 3. The van der Waals surface area contributed by atoms with Crippen LogP contribution in [0.3, 0.4) is 0 Å². The molecule has 0 saturated heterocycles. The maximum Gasteiger partial charge on any atom is 0.271 e. The molecule has 200 valence electrons. The summed E-state index contributed by atoms with van der Waals surface area (Å²) in [7, 11) is 1.34. The molecule has 1 atom stereocenters. The predicted molar refractivity (Wildman–Crippen MR) is 151 cm³/mol. The summed E-state index contributed by atoms with van der Waals surface area (Å²) in [6, 6.07) is 9.76. The van der Waals surface area contributed by atoms with Crippen molar-refractivity contribution >= 4 is 31.7 Å². The van der Waals surface area contributed by atoms with Crippen molar-refractivity contribution in [3.63, 3.8) is 0 Å². The molecule has 38 heavy (non-hydrogen) atoms. The van der Waals surface area contributed by atoms with Crippen LogP contribution in [-0.2, 0) is 16.9 Å². The molecule has 1 aromatic carbocycles. The second-order valence-electron chi connectivity index (χ2n) is 11.5. The minimum absolute atomic E-state index is 0.108. The summed E-state index contributed by atoms with van der Waals surface area (Å²) in [4.78, 5) is 21.0. The summed E-state index contributed by atoms with van der Waals surface area (Å²) >= 11 is 0. The highest BCUT2D eigenvalue weighted by Crippen LogP contribution is 2.44. The molecule has 10 nitrogen and oxygen atoms in total. The minimum Gasteiger partial charge on any atom is -0.416 e. The fourth-order valence-electron chi connectivity index (χ4n) is 4.13. The largest absolute Gasteiger partial charge is 0.416 e. The molecule has 0 saturated carbocycles. The van der Waals surface area contributed by atoms with Gasteiger partial charge in [-0.2, -0.15) is 10.4 Å². The number of hydrogen-bond acceptors (Lipinski definition) is 8. The van der Waals surface area contributed by atoms with Crippen LogP contribution in [0.1, 0.15) is 49.3 Å². The molecule has 3 heterocycles. The van der Waals surface area contributed by atoms with E-state index in [0.717, 1.165) is 16.8 Å². The zero-order valence-electron chi connectivity index (χ0n) is 23.4. The topological polar surface area (TPSA) is 130 Å². The standard InChI is InChI=1S/C27H36N8O2Si/c1-26(2,3)38(7,8)37-16-27(4)15-31-23-18(14-28)11-17(12-19(23)27)20-9-10-30-25(32-20)33-22-13-21(24(36)29-5)34-35(22)6/h9-13,31H,15-16H2,1-8H3,(H,29,36)(H,30,32,33)/t27-/m1/s1. The Morgan fingerprint density at radius 3 is 2.71 bits per heavy atom. The van der Waals surface area contributed by atoms with Gasteiger partial charge in [-0.25, -0.2) is 9.97 Å². The van der Waals surface area contributed by atoms with Gasteiger partial charge in [0.1, 0.15) is 11.9 Å². The van der Waals surface area contributed by atoms with Crippen molar-refractivity contribution in [2.24, 2.45) is 7.05 Å². The number of nitrogens with zero attached hydrogens (tertiary/aromatic N) is 5. The number of amides is 1. The molecule has 2 aromatic heterocycles. The van der Waals surface area contributed by atoms with Crippen molar-refractivity contribution in [3.05, 3.63) is 47.3 Å². The van der Waals surface area contributed by atoms with E-state index in [0.29, 0.717) is 36.2 Å². The van der Waals surface area contributed by atoms with Gasteiger partial charge in [0, 0.05) is 50.5 Å². The van der Waals surface area contributed by atoms with Gasteiger partial charge in [-0.05, 0) is 41.9 Å². The quantitative estimate of drug-likeness (QED) is 0.378. The number of benzene rings is 1. The number of fused-ring (bicyclic) bond motifs is 1. The Morgan fingerprint density at radius 1 is 1.32 bits per heavy atom. The number of nitriles is 1. The second-order valence-corrected chi connectivity index (χ2v) is 16.3. The van der Waals surface area contributed by atoms with E-state index >= 15 is 0 Å². The maximum atomic E-state index is 11.9. The lowest BCUT2D eigenvalue weighted by atomic mass is 9.83. The van der Waals surface area contributed by atoms with Crippen molar-refractivity contribution in [2.45, 2.75) is 51.2 Å². The molecule has 1 amide bonds. The number of carbonyl (C=O) groups is 1. The summed E-state index contributed by atoms with van der Waals surface area (Å²) in [6.07, 6.45) is 1.66. The minimum atomic E-state index is -1.95. The lowest BCUT2D eigenvalue weighted by molar-refractivity contribution is 0.0957. The summed E-state index contributed by atoms with van der Waals surface area (Å²) in [6.45, 7) is 14.7. The second kappa shape index (κ2) is 9.85. The van der Waals surface area contributed by atoms with E-state index in [1.54, 1.807) is 31.0 Å². The summed E-state index contributed by atoms with van der Waals surface area (Å²) in [5.74, 6) is 0.654. The lowest BCUT2D eigenvalue weighted by Crippen LogP contribution is -2.45. The van der Waals surface area contributed by atoms with Crippen molar-refractivity contribution in [2.75, 3.05) is 30.8 Å². The van der Waals surface area contributed by atoms with Crippen molar-refractivity contribution in [3.8, 4) is 17.3 Å². The molecule has 0 fully saturated rings. The first-order chi connectivity index (χ1) is 17.8. The van der Waals surface area contributed by atoms with Crippen LogP contribution in [-0.4, -0.2) is 54.2 Å². The molecular formula is C27H36N8O2Si. The maximum absolute atomic E-state index is 11.9. The lowest BCUT2D eigenvalue weighted by Gasteiger charge is -2.39. The normalized spacial score (nSPS) is 16.9. The summed E-state index contributed by atoms with van der Waals surface area (Å²) in [5.41, 5.74) is 3.99. The molecule has 3 aromatic rings. The first-order valence-electron chi connectivity index (χ1n) is 12.6. The summed E-state index contributed by atoms with van der Waals surface area (Å²) < 4.78 is 8.18. The van der Waals surface area contributed by atoms with Crippen LogP contribution < -0.4 is 16.0 Å². The van der Waals surface area contributed by atoms with Crippen LogP contribution in [0.4, 0.5) is 17.5 Å². The number of aryl methyl sites for hydroxylation is 1. The van der Waals surface area contributed by atoms with Gasteiger partial charge in [0.15, 0.2) is 14.0 Å². The Bertz CT molecular complexity index is 1420. The molecule has 3 N–H and O–H groups in total. The van der Waals surface area contributed by atoms with Gasteiger partial charge < -0.3 is 20.4 Å². The fourth-order valence-corrected chi connectivity index (χ4v) is 5.24. The average molecular weight is 533 g/mol. The van der Waals surface area contributed by atoms with Gasteiger partial charge >= 0.3 is 0 Å². The van der Waals surface area contributed by atoms with Crippen LogP contribution in [0.15, 0.2) is 30.5 Å². The molecular weight excluding hydrogens is 496 g/mol. The van der Waals surface area contributed by atoms with Crippen molar-refractivity contribution < 1.29 is 9.22 Å². The molecule has 1 aliphatic rings. The van der Waals surface area contributed by atoms with Gasteiger partial charge in [0.25, 0.3) is 5.91 Å². The Balaban J connectivity index is 1.66. The number of carbonyl (C=O) groups excluding carboxylic acids is 1. The van der Waals surface area contributed by atoms with Crippen LogP contribution in [0.5, 0.6) is 0 Å². The Morgan fingerprint density at radius 2 is 2.05 bits per heavy atom. The zero-order chi connectivity index (χ0) is 27.9. The van der Waals surface area contributed by atoms with Crippen molar-refractivity contribution in [1.82, 2.24) is 25.1 Å². The average Bonchev–Trinajstić information content (AvgIpc) is 3.41. The highest BCUT2D eigenvalue weighted by Gasteiger charge is 2.42. The molecule has 1 aliphatic heterocycles. The number of rotatable bonds is 7. The van der Waals surface area contributed by atoms with Crippen LogP contribution in [0, 0.1) is 11.3 Å². The zero-order valence-corrected chi connectivity index (χ0v) is 24.4. The molecule has 0 unspecified atom stereocenters. The third-order valence-electron chi connectivity index (χ3n) is 7.65. The smallest absolute Gasteiger partial charge is 0.271 e. The van der Waals surface area contributed by atoms with E-state index in [2.05, 4.69) is 79.0 Å². The predicted octanol–water partition coefficient (Wildman–Crippen LogP) is 4.56. The Kier molecular flexibility index (Phi) is 7.07. The number of hydrogen-bond donors (Lipinski definition) is 3. The molecule has 0 aliphatic carbocycles. The highest BCUT2D eigenvalue weighted by molar-refractivity contribution is 6.74. The van der Waals surface area contributed by atoms with E-state index in [4.69, 9.17) is 9.41 Å².